The molecule has 2 aliphatic rings. The first kappa shape index (κ1) is 42.8. The van der Waals surface area contributed by atoms with Gasteiger partial charge in [-0.3, -0.25) is 0 Å². The largest absolute Gasteiger partial charge is 0.0713 e. The Kier molecular flexibility index (Phi) is 9.27. The molecular formula is C76H48. The third-order valence-corrected chi connectivity index (χ3v) is 17.4. The molecule has 0 bridgehead atoms. The zero-order valence-corrected chi connectivity index (χ0v) is 41.7. The quantitative estimate of drug-likeness (QED) is 0.146. The molecule has 14 aromatic carbocycles. The van der Waals surface area contributed by atoms with E-state index in [4.69, 9.17) is 0 Å². The van der Waals surface area contributed by atoms with Gasteiger partial charge in [-0.1, -0.05) is 267 Å². The van der Waals surface area contributed by atoms with E-state index in [-0.39, 0.29) is 0 Å². The molecule has 0 amide bonds. The summed E-state index contributed by atoms with van der Waals surface area (Å²) in [4.78, 5) is 0. The predicted molar refractivity (Wildman–Crippen MR) is 319 cm³/mol. The van der Waals surface area contributed by atoms with Crippen molar-refractivity contribution in [3.8, 4) is 44.5 Å². The Balaban J connectivity index is 0.895. The van der Waals surface area contributed by atoms with Crippen molar-refractivity contribution >= 4 is 53.9 Å². The van der Waals surface area contributed by atoms with Gasteiger partial charge in [0.05, 0.1) is 10.8 Å². The smallest absolute Gasteiger partial charge is 0.0622 e. The summed E-state index contributed by atoms with van der Waals surface area (Å²) in [5.41, 5.74) is 19.5. The minimum atomic E-state index is -0.467. The Bertz CT molecular complexity index is 4280. The first-order valence-electron chi connectivity index (χ1n) is 26.7. The number of hydrogen-bond acceptors (Lipinski definition) is 0. The van der Waals surface area contributed by atoms with E-state index in [1.807, 2.05) is 0 Å². The highest BCUT2D eigenvalue weighted by molar-refractivity contribution is 6.39. The Morgan fingerprint density at radius 2 is 0.447 bits per heavy atom. The molecule has 0 nitrogen and oxygen atoms in total. The summed E-state index contributed by atoms with van der Waals surface area (Å²) in [5, 5.41) is 12.8. The molecule has 16 rings (SSSR count). The van der Waals surface area contributed by atoms with Crippen LogP contribution in [-0.2, 0) is 10.8 Å². The van der Waals surface area contributed by atoms with E-state index in [0.29, 0.717) is 0 Å². The zero-order chi connectivity index (χ0) is 50.0. The van der Waals surface area contributed by atoms with Gasteiger partial charge in [-0.2, -0.15) is 0 Å². The molecule has 0 fully saturated rings. The van der Waals surface area contributed by atoms with Crippen LogP contribution >= 0.6 is 0 Å². The highest BCUT2D eigenvalue weighted by Crippen LogP contribution is 2.59. The molecule has 0 N–H and O–H groups in total. The summed E-state index contributed by atoms with van der Waals surface area (Å²) in [6, 6.07) is 110. The van der Waals surface area contributed by atoms with Crippen molar-refractivity contribution in [2.75, 3.05) is 0 Å². The molecule has 0 saturated carbocycles. The molecule has 0 heterocycles. The third-order valence-electron chi connectivity index (χ3n) is 17.4. The summed E-state index contributed by atoms with van der Waals surface area (Å²) >= 11 is 0. The second kappa shape index (κ2) is 16.4. The van der Waals surface area contributed by atoms with Crippen LogP contribution in [-0.4, -0.2) is 0 Å². The van der Waals surface area contributed by atoms with Gasteiger partial charge in [-0.15, -0.1) is 0 Å². The monoisotopic (exact) mass is 960 g/mol. The number of rotatable bonds is 6. The lowest BCUT2D eigenvalue weighted by molar-refractivity contribution is 0.769. The van der Waals surface area contributed by atoms with Crippen molar-refractivity contribution in [2.45, 2.75) is 10.8 Å². The van der Waals surface area contributed by atoms with Gasteiger partial charge in [0.15, 0.2) is 0 Å². The zero-order valence-electron chi connectivity index (χ0n) is 41.7. The first-order chi connectivity index (χ1) is 37.7. The first-order valence-corrected chi connectivity index (χ1v) is 26.7. The fourth-order valence-corrected chi connectivity index (χ4v) is 14.3. The molecule has 0 spiro atoms. The number of hydrogen-bond donors (Lipinski definition) is 0. The molecule has 0 unspecified atom stereocenters. The van der Waals surface area contributed by atoms with Crippen LogP contribution in [0.25, 0.3) is 98.4 Å². The maximum absolute atomic E-state index is 2.49. The summed E-state index contributed by atoms with van der Waals surface area (Å²) in [5.74, 6) is 0. The number of benzene rings is 14. The molecule has 2 aliphatic carbocycles. The lowest BCUT2D eigenvalue weighted by atomic mass is 9.67. The minimum Gasteiger partial charge on any atom is -0.0622 e. The Morgan fingerprint density at radius 3 is 0.829 bits per heavy atom. The highest BCUT2D eigenvalue weighted by Gasteiger charge is 2.47. The van der Waals surface area contributed by atoms with E-state index in [1.165, 1.54) is 143 Å². The van der Waals surface area contributed by atoms with Gasteiger partial charge in [0.1, 0.15) is 0 Å². The molecule has 0 heteroatoms. The normalized spacial score (nSPS) is 13.7. The van der Waals surface area contributed by atoms with Crippen LogP contribution in [0.1, 0.15) is 44.5 Å². The minimum absolute atomic E-state index is 0.467. The third kappa shape index (κ3) is 5.84. The van der Waals surface area contributed by atoms with Crippen molar-refractivity contribution < 1.29 is 0 Å². The van der Waals surface area contributed by atoms with E-state index in [1.54, 1.807) is 0 Å². The van der Waals surface area contributed by atoms with E-state index >= 15 is 0 Å². The van der Waals surface area contributed by atoms with Crippen LogP contribution in [0, 0.1) is 0 Å². The van der Waals surface area contributed by atoms with Gasteiger partial charge in [0, 0.05) is 0 Å². The van der Waals surface area contributed by atoms with Gasteiger partial charge in [-0.05, 0) is 167 Å². The lowest BCUT2D eigenvalue weighted by Crippen LogP contribution is -2.28. The lowest BCUT2D eigenvalue weighted by Gasteiger charge is -2.34. The predicted octanol–water partition coefficient (Wildman–Crippen LogP) is 19.5. The van der Waals surface area contributed by atoms with Crippen LogP contribution in [0.4, 0.5) is 0 Å². The van der Waals surface area contributed by atoms with Gasteiger partial charge in [0.2, 0.25) is 0 Å². The van der Waals surface area contributed by atoms with Crippen molar-refractivity contribution in [3.05, 3.63) is 336 Å². The SMILES string of the molecule is c1ccc(C2(c3ccccc3)c3ccccc3-c3ccc(-c4ccc5c(c4)c4ccccc4c4c6ccc(-c7ccc8c(c7)C(c7ccccc7)(c7ccccc7)c7ccccc7-8)cc6c6ccccc6c54)cc32)cc1. The van der Waals surface area contributed by atoms with E-state index in [9.17, 15) is 0 Å². The molecular weight excluding hydrogens is 913 g/mol. The van der Waals surface area contributed by atoms with Gasteiger partial charge >= 0.3 is 0 Å². The average Bonchev–Trinajstić information content (AvgIpc) is 4.11. The fraction of sp³-hybridized carbons (Fsp3) is 0.0263. The summed E-state index contributed by atoms with van der Waals surface area (Å²) in [7, 11) is 0. The fourth-order valence-electron chi connectivity index (χ4n) is 14.3. The Hall–Kier alpha value is -9.62. The van der Waals surface area contributed by atoms with Crippen molar-refractivity contribution in [1.82, 2.24) is 0 Å². The van der Waals surface area contributed by atoms with E-state index in [2.05, 4.69) is 291 Å². The second-order valence-electron chi connectivity index (χ2n) is 20.9. The summed E-state index contributed by atoms with van der Waals surface area (Å²) < 4.78 is 0. The van der Waals surface area contributed by atoms with Crippen LogP contribution in [0.15, 0.2) is 291 Å². The van der Waals surface area contributed by atoms with Crippen LogP contribution in [0.2, 0.25) is 0 Å². The topological polar surface area (TPSA) is 0 Å². The summed E-state index contributed by atoms with van der Waals surface area (Å²) in [6.07, 6.45) is 0. The van der Waals surface area contributed by atoms with E-state index < -0.39 is 10.8 Å². The average molecular weight is 961 g/mol. The molecule has 76 heavy (non-hydrogen) atoms. The Labute approximate surface area is 442 Å². The van der Waals surface area contributed by atoms with Crippen molar-refractivity contribution in [1.29, 1.82) is 0 Å². The van der Waals surface area contributed by atoms with Crippen LogP contribution in [0.3, 0.4) is 0 Å². The number of fused-ring (bicyclic) bond motifs is 17. The molecule has 0 radical (unpaired) electrons. The Morgan fingerprint density at radius 1 is 0.171 bits per heavy atom. The van der Waals surface area contributed by atoms with Crippen molar-refractivity contribution in [3.63, 3.8) is 0 Å². The van der Waals surface area contributed by atoms with E-state index in [0.717, 1.165) is 0 Å². The molecule has 0 aromatic heterocycles. The van der Waals surface area contributed by atoms with Gasteiger partial charge < -0.3 is 0 Å². The van der Waals surface area contributed by atoms with Crippen LogP contribution in [0.5, 0.6) is 0 Å². The summed E-state index contributed by atoms with van der Waals surface area (Å²) in [6.45, 7) is 0. The maximum Gasteiger partial charge on any atom is 0.0713 e. The molecule has 0 atom stereocenters. The molecule has 0 aliphatic heterocycles. The van der Waals surface area contributed by atoms with Crippen LogP contribution < -0.4 is 0 Å². The molecule has 352 valence electrons. The second-order valence-corrected chi connectivity index (χ2v) is 20.9. The highest BCUT2D eigenvalue weighted by atomic mass is 14.5. The van der Waals surface area contributed by atoms with Crippen molar-refractivity contribution in [2.24, 2.45) is 0 Å². The molecule has 14 aromatic rings. The molecule has 0 saturated heterocycles. The van der Waals surface area contributed by atoms with Gasteiger partial charge in [0.25, 0.3) is 0 Å². The van der Waals surface area contributed by atoms with Gasteiger partial charge in [-0.25, -0.2) is 0 Å². The maximum atomic E-state index is 2.49. The standard InChI is InChI=1S/C76H48/c1-5-21-53(22-6-1)75(54-23-7-2-8-24-54)69-35-19-17-31-59(69)61-41-37-51(47-71(61)75)49-39-43-65-67(45-49)57-29-13-15-33-63(57)74-66-44-40-50(46-68(66)58-30-14-16-34-64(58)73(65)74)52-38-42-62-60-32-18-20-36-70(60)76(72(62)48-52,55-25-9-3-10-26-55)56-27-11-4-12-28-56/h1-48H.